The quantitative estimate of drug-likeness (QED) is 0.489. The van der Waals surface area contributed by atoms with Crippen molar-refractivity contribution in [3.05, 3.63) is 59.7 Å². The molecular formula is C22H22N4OS. The van der Waals surface area contributed by atoms with Gasteiger partial charge in [0.25, 0.3) is 0 Å². The molecule has 0 spiro atoms. The molecule has 0 aliphatic heterocycles. The van der Waals surface area contributed by atoms with Gasteiger partial charge in [-0.3, -0.25) is 4.98 Å². The average Bonchev–Trinajstić information content (AvgIpc) is 3.17. The molecule has 1 aromatic carbocycles. The van der Waals surface area contributed by atoms with Crippen LogP contribution in [-0.2, 0) is 0 Å². The Labute approximate surface area is 168 Å². The highest BCUT2D eigenvalue weighted by atomic mass is 32.1. The van der Waals surface area contributed by atoms with E-state index in [4.69, 9.17) is 9.97 Å². The first-order valence-corrected chi connectivity index (χ1v) is 10.2. The van der Waals surface area contributed by atoms with Crippen LogP contribution in [0.1, 0.15) is 18.9 Å². The van der Waals surface area contributed by atoms with E-state index in [1.807, 2.05) is 19.1 Å². The summed E-state index contributed by atoms with van der Waals surface area (Å²) in [5, 5.41) is 16.3. The Balaban J connectivity index is 1.90. The number of pyridine rings is 1. The first-order valence-electron chi connectivity index (χ1n) is 9.33. The van der Waals surface area contributed by atoms with Gasteiger partial charge in [0, 0.05) is 28.9 Å². The second-order valence-corrected chi connectivity index (χ2v) is 7.62. The van der Waals surface area contributed by atoms with Crippen molar-refractivity contribution >= 4 is 27.4 Å². The molecule has 3 aromatic heterocycles. The van der Waals surface area contributed by atoms with E-state index in [2.05, 4.69) is 46.9 Å². The predicted octanol–water partition coefficient (Wildman–Crippen LogP) is 4.91. The molecule has 0 amide bonds. The van der Waals surface area contributed by atoms with E-state index in [9.17, 15) is 5.11 Å². The summed E-state index contributed by atoms with van der Waals surface area (Å²) in [7, 11) is 0. The molecule has 0 aliphatic carbocycles. The Morgan fingerprint density at radius 2 is 1.79 bits per heavy atom. The third-order valence-electron chi connectivity index (χ3n) is 4.79. The number of rotatable bonds is 6. The van der Waals surface area contributed by atoms with E-state index < -0.39 is 0 Å². The highest BCUT2D eigenvalue weighted by molar-refractivity contribution is 7.17. The smallest absolute Gasteiger partial charge is 0.163 e. The average molecular weight is 391 g/mol. The lowest BCUT2D eigenvalue weighted by Gasteiger charge is -2.17. The van der Waals surface area contributed by atoms with Gasteiger partial charge < -0.3 is 10.4 Å². The van der Waals surface area contributed by atoms with Gasteiger partial charge in [-0.25, -0.2) is 9.97 Å². The molecule has 1 atom stereocenters. The number of fused-ring (bicyclic) bond motifs is 1. The van der Waals surface area contributed by atoms with Gasteiger partial charge in [-0.2, -0.15) is 0 Å². The number of aromatic nitrogens is 3. The number of aliphatic hydroxyl groups excluding tert-OH is 1. The number of thiophene rings is 1. The van der Waals surface area contributed by atoms with Crippen molar-refractivity contribution in [2.45, 2.75) is 26.3 Å². The second kappa shape index (κ2) is 8.04. The molecule has 0 saturated carbocycles. The largest absolute Gasteiger partial charge is 0.394 e. The summed E-state index contributed by atoms with van der Waals surface area (Å²) in [5.74, 6) is 1.41. The SMILES string of the molecule is CCC(CO)Nc1nc(-c2ccncc2)nc2scc(-c3ccc(C)cc3)c12. The molecule has 142 valence electrons. The van der Waals surface area contributed by atoms with Crippen molar-refractivity contribution in [3.8, 4) is 22.5 Å². The number of anilines is 1. The molecular weight excluding hydrogens is 368 g/mol. The van der Waals surface area contributed by atoms with E-state index in [0.717, 1.165) is 39.1 Å². The van der Waals surface area contributed by atoms with Crippen molar-refractivity contribution in [3.63, 3.8) is 0 Å². The van der Waals surface area contributed by atoms with Gasteiger partial charge in [-0.1, -0.05) is 36.8 Å². The first-order chi connectivity index (χ1) is 13.7. The number of benzene rings is 1. The maximum atomic E-state index is 9.70. The Hall–Kier alpha value is -2.83. The van der Waals surface area contributed by atoms with Gasteiger partial charge in [0.1, 0.15) is 10.6 Å². The lowest BCUT2D eigenvalue weighted by Crippen LogP contribution is -2.23. The number of hydrogen-bond donors (Lipinski definition) is 2. The standard InChI is InChI=1S/C22H22N4OS/c1-3-17(12-27)24-21-19-18(15-6-4-14(2)5-7-15)13-28-22(19)26-20(25-21)16-8-10-23-11-9-16/h4-11,13,17,27H,3,12H2,1-2H3,(H,24,25,26). The maximum absolute atomic E-state index is 9.70. The number of aryl methyl sites for hydroxylation is 1. The third-order valence-corrected chi connectivity index (χ3v) is 5.66. The Morgan fingerprint density at radius 1 is 1.04 bits per heavy atom. The summed E-state index contributed by atoms with van der Waals surface area (Å²) < 4.78 is 0. The van der Waals surface area contributed by atoms with Crippen LogP contribution in [0.25, 0.3) is 32.7 Å². The van der Waals surface area contributed by atoms with Gasteiger partial charge in [0.05, 0.1) is 18.0 Å². The topological polar surface area (TPSA) is 70.9 Å². The van der Waals surface area contributed by atoms with Crippen LogP contribution in [0.15, 0.2) is 54.2 Å². The lowest BCUT2D eigenvalue weighted by molar-refractivity contribution is 0.271. The molecule has 0 radical (unpaired) electrons. The molecule has 5 nitrogen and oxygen atoms in total. The van der Waals surface area contributed by atoms with Crippen molar-refractivity contribution in [1.82, 2.24) is 15.0 Å². The van der Waals surface area contributed by atoms with Gasteiger partial charge in [-0.15, -0.1) is 11.3 Å². The van der Waals surface area contributed by atoms with Crippen molar-refractivity contribution in [2.24, 2.45) is 0 Å². The normalized spacial score (nSPS) is 12.2. The van der Waals surface area contributed by atoms with Crippen LogP contribution >= 0.6 is 11.3 Å². The summed E-state index contributed by atoms with van der Waals surface area (Å²) in [4.78, 5) is 14.6. The Kier molecular flexibility index (Phi) is 5.32. The summed E-state index contributed by atoms with van der Waals surface area (Å²) in [6.45, 7) is 4.18. The minimum Gasteiger partial charge on any atom is -0.394 e. The van der Waals surface area contributed by atoms with Crippen LogP contribution in [0.4, 0.5) is 5.82 Å². The van der Waals surface area contributed by atoms with Crippen LogP contribution in [-0.4, -0.2) is 32.7 Å². The second-order valence-electron chi connectivity index (χ2n) is 6.76. The highest BCUT2D eigenvalue weighted by Crippen LogP contribution is 2.38. The minimum absolute atomic E-state index is 0.0522. The zero-order valence-corrected chi connectivity index (χ0v) is 16.7. The number of hydrogen-bond acceptors (Lipinski definition) is 6. The molecule has 2 N–H and O–H groups in total. The molecule has 3 heterocycles. The zero-order valence-electron chi connectivity index (χ0n) is 15.9. The summed E-state index contributed by atoms with van der Waals surface area (Å²) in [6.07, 6.45) is 4.28. The van der Waals surface area contributed by atoms with Crippen LogP contribution in [0.5, 0.6) is 0 Å². The van der Waals surface area contributed by atoms with E-state index >= 15 is 0 Å². The van der Waals surface area contributed by atoms with Gasteiger partial charge in [-0.05, 0) is 31.0 Å². The molecule has 1 unspecified atom stereocenters. The molecule has 0 aliphatic rings. The fourth-order valence-electron chi connectivity index (χ4n) is 3.09. The van der Waals surface area contributed by atoms with E-state index in [1.54, 1.807) is 23.7 Å². The summed E-state index contributed by atoms with van der Waals surface area (Å²) in [6, 6.07) is 12.2. The molecule has 4 aromatic rings. The maximum Gasteiger partial charge on any atom is 0.163 e. The molecule has 6 heteroatoms. The number of nitrogens with zero attached hydrogens (tertiary/aromatic N) is 3. The van der Waals surface area contributed by atoms with Gasteiger partial charge >= 0.3 is 0 Å². The monoisotopic (exact) mass is 390 g/mol. The Morgan fingerprint density at radius 3 is 2.46 bits per heavy atom. The Bertz CT molecular complexity index is 1070. The highest BCUT2D eigenvalue weighted by Gasteiger charge is 2.18. The first kappa shape index (κ1) is 18.5. The van der Waals surface area contributed by atoms with Gasteiger partial charge in [0.15, 0.2) is 5.82 Å². The molecule has 0 bridgehead atoms. The van der Waals surface area contributed by atoms with Crippen molar-refractivity contribution in [1.29, 1.82) is 0 Å². The molecule has 0 saturated heterocycles. The van der Waals surface area contributed by atoms with Crippen LogP contribution in [0.3, 0.4) is 0 Å². The minimum atomic E-state index is -0.0610. The zero-order chi connectivity index (χ0) is 19.5. The third kappa shape index (κ3) is 3.61. The van der Waals surface area contributed by atoms with Crippen LogP contribution < -0.4 is 5.32 Å². The van der Waals surface area contributed by atoms with E-state index in [0.29, 0.717) is 5.82 Å². The molecule has 28 heavy (non-hydrogen) atoms. The van der Waals surface area contributed by atoms with Crippen LogP contribution in [0.2, 0.25) is 0 Å². The van der Waals surface area contributed by atoms with E-state index in [-0.39, 0.29) is 12.6 Å². The predicted molar refractivity (Wildman–Crippen MR) is 116 cm³/mol. The summed E-state index contributed by atoms with van der Waals surface area (Å²) >= 11 is 1.61. The van der Waals surface area contributed by atoms with Gasteiger partial charge in [0.2, 0.25) is 0 Å². The number of nitrogens with one attached hydrogen (secondary N) is 1. The van der Waals surface area contributed by atoms with E-state index in [1.165, 1.54) is 5.56 Å². The van der Waals surface area contributed by atoms with Crippen molar-refractivity contribution in [2.75, 3.05) is 11.9 Å². The summed E-state index contributed by atoms with van der Waals surface area (Å²) in [5.41, 5.74) is 4.39. The fourth-order valence-corrected chi connectivity index (χ4v) is 4.04. The lowest BCUT2D eigenvalue weighted by atomic mass is 10.0. The molecule has 4 rings (SSSR count). The molecule has 0 fully saturated rings. The fraction of sp³-hybridized carbons (Fsp3) is 0.227. The number of aliphatic hydroxyl groups is 1. The van der Waals surface area contributed by atoms with Crippen molar-refractivity contribution < 1.29 is 5.11 Å². The van der Waals surface area contributed by atoms with Crippen LogP contribution in [0, 0.1) is 6.92 Å².